The summed E-state index contributed by atoms with van der Waals surface area (Å²) in [4.78, 5) is 0. The van der Waals surface area contributed by atoms with Crippen molar-refractivity contribution in [3.05, 3.63) is 0 Å². The van der Waals surface area contributed by atoms with Gasteiger partial charge in [-0.15, -0.1) is 0 Å². The number of halogens is 1. The van der Waals surface area contributed by atoms with Gasteiger partial charge in [-0.3, -0.25) is 0 Å². The summed E-state index contributed by atoms with van der Waals surface area (Å²) in [6.07, 6.45) is 13.8. The molecule has 0 aromatic carbocycles. The van der Waals surface area contributed by atoms with Crippen LogP contribution in [0.3, 0.4) is 0 Å². The lowest BCUT2D eigenvalue weighted by Gasteiger charge is -2.40. The molecule has 0 amide bonds. The van der Waals surface area contributed by atoms with Crippen molar-refractivity contribution >= 4 is 22.6 Å². The lowest BCUT2D eigenvalue weighted by molar-refractivity contribution is -0.0871. The van der Waals surface area contributed by atoms with Gasteiger partial charge in [0.05, 0.1) is 18.8 Å². The van der Waals surface area contributed by atoms with Crippen LogP contribution < -0.4 is 0 Å². The SMILES string of the molecule is OC1CCC(C2CCC(C3CCC(I)CC3)CC2)OC1. The van der Waals surface area contributed by atoms with Crippen LogP contribution in [0.1, 0.15) is 64.2 Å². The van der Waals surface area contributed by atoms with E-state index in [0.717, 1.165) is 34.5 Å². The third-order valence-corrected chi connectivity index (χ3v) is 7.24. The van der Waals surface area contributed by atoms with Gasteiger partial charge in [0.1, 0.15) is 0 Å². The zero-order chi connectivity index (χ0) is 13.9. The van der Waals surface area contributed by atoms with Crippen LogP contribution in [-0.2, 0) is 4.74 Å². The van der Waals surface area contributed by atoms with Crippen molar-refractivity contribution < 1.29 is 9.84 Å². The molecule has 116 valence electrons. The lowest BCUT2D eigenvalue weighted by Crippen LogP contribution is -2.37. The maximum atomic E-state index is 9.53. The zero-order valence-corrected chi connectivity index (χ0v) is 14.6. The third-order valence-electron chi connectivity index (χ3n) is 6.00. The predicted molar refractivity (Wildman–Crippen MR) is 90.2 cm³/mol. The molecule has 2 atom stereocenters. The minimum Gasteiger partial charge on any atom is -0.391 e. The molecule has 2 saturated carbocycles. The lowest BCUT2D eigenvalue weighted by atomic mass is 9.69. The van der Waals surface area contributed by atoms with Crippen LogP contribution in [0, 0.1) is 17.8 Å². The smallest absolute Gasteiger partial charge is 0.0774 e. The fourth-order valence-electron chi connectivity index (χ4n) is 4.67. The second-order valence-corrected chi connectivity index (χ2v) is 9.05. The first-order valence-corrected chi connectivity index (χ1v) is 9.90. The number of rotatable bonds is 2. The molecule has 0 radical (unpaired) electrons. The van der Waals surface area contributed by atoms with Gasteiger partial charge < -0.3 is 9.84 Å². The Morgan fingerprint density at radius 3 is 1.80 bits per heavy atom. The van der Waals surface area contributed by atoms with E-state index in [2.05, 4.69) is 22.6 Å². The van der Waals surface area contributed by atoms with Crippen molar-refractivity contribution in [3.63, 3.8) is 0 Å². The van der Waals surface area contributed by atoms with Crippen LogP contribution in [0.4, 0.5) is 0 Å². The van der Waals surface area contributed by atoms with E-state index in [0.29, 0.717) is 12.7 Å². The highest BCUT2D eigenvalue weighted by molar-refractivity contribution is 14.1. The summed E-state index contributed by atoms with van der Waals surface area (Å²) in [6.45, 7) is 0.574. The average molecular weight is 392 g/mol. The molecule has 0 spiro atoms. The highest BCUT2D eigenvalue weighted by atomic mass is 127. The largest absolute Gasteiger partial charge is 0.391 e. The van der Waals surface area contributed by atoms with Gasteiger partial charge >= 0.3 is 0 Å². The van der Waals surface area contributed by atoms with Crippen LogP contribution in [0.5, 0.6) is 0 Å². The summed E-state index contributed by atoms with van der Waals surface area (Å²) in [6, 6.07) is 0. The molecule has 1 heterocycles. The molecular weight excluding hydrogens is 363 g/mol. The third kappa shape index (κ3) is 3.89. The minimum absolute atomic E-state index is 0.203. The Labute approximate surface area is 137 Å². The van der Waals surface area contributed by atoms with E-state index in [1.165, 1.54) is 51.4 Å². The molecule has 0 aromatic heterocycles. The molecule has 0 bridgehead atoms. The van der Waals surface area contributed by atoms with Crippen molar-refractivity contribution in [3.8, 4) is 0 Å². The Morgan fingerprint density at radius 1 is 0.700 bits per heavy atom. The van der Waals surface area contributed by atoms with Gasteiger partial charge in [0.2, 0.25) is 0 Å². The molecule has 3 rings (SSSR count). The predicted octanol–water partition coefficient (Wildman–Crippen LogP) is 4.33. The zero-order valence-electron chi connectivity index (χ0n) is 12.5. The summed E-state index contributed by atoms with van der Waals surface area (Å²) in [5, 5.41) is 9.53. The second-order valence-electron chi connectivity index (χ2n) is 7.29. The topological polar surface area (TPSA) is 29.5 Å². The number of alkyl halides is 1. The number of hydrogen-bond donors (Lipinski definition) is 1. The van der Waals surface area contributed by atoms with Gasteiger partial charge in [-0.2, -0.15) is 0 Å². The molecule has 3 aliphatic rings. The molecule has 2 unspecified atom stereocenters. The Hall–Kier alpha value is 0.650. The average Bonchev–Trinajstić information content (AvgIpc) is 2.49. The normalized spacial score (nSPS) is 47.1. The maximum Gasteiger partial charge on any atom is 0.0774 e. The Morgan fingerprint density at radius 2 is 1.25 bits per heavy atom. The van der Waals surface area contributed by atoms with Gasteiger partial charge in [0, 0.05) is 3.92 Å². The molecule has 1 aliphatic heterocycles. The van der Waals surface area contributed by atoms with Crippen molar-refractivity contribution in [1.82, 2.24) is 0 Å². The summed E-state index contributed by atoms with van der Waals surface area (Å²) in [5.74, 6) is 2.81. The summed E-state index contributed by atoms with van der Waals surface area (Å²) in [7, 11) is 0. The number of aliphatic hydroxyl groups excluding tert-OH is 1. The molecule has 2 aliphatic carbocycles. The fraction of sp³-hybridized carbons (Fsp3) is 1.00. The number of aliphatic hydroxyl groups is 1. The first-order chi connectivity index (χ1) is 9.72. The van der Waals surface area contributed by atoms with E-state index in [1.807, 2.05) is 0 Å². The van der Waals surface area contributed by atoms with Gasteiger partial charge in [0.15, 0.2) is 0 Å². The Bertz CT molecular complexity index is 255. The van der Waals surface area contributed by atoms with E-state index in [-0.39, 0.29) is 6.10 Å². The fourth-order valence-corrected chi connectivity index (χ4v) is 5.39. The summed E-state index contributed by atoms with van der Waals surface area (Å²) < 4.78 is 6.82. The van der Waals surface area contributed by atoms with E-state index in [1.54, 1.807) is 0 Å². The van der Waals surface area contributed by atoms with Crippen LogP contribution in [-0.4, -0.2) is 27.8 Å². The first-order valence-electron chi connectivity index (χ1n) is 8.66. The van der Waals surface area contributed by atoms with Crippen molar-refractivity contribution in [1.29, 1.82) is 0 Å². The first kappa shape index (κ1) is 15.5. The van der Waals surface area contributed by atoms with Gasteiger partial charge in [-0.25, -0.2) is 0 Å². The van der Waals surface area contributed by atoms with Crippen molar-refractivity contribution in [2.45, 2.75) is 80.3 Å². The van der Waals surface area contributed by atoms with E-state index in [4.69, 9.17) is 4.74 Å². The van der Waals surface area contributed by atoms with E-state index < -0.39 is 0 Å². The van der Waals surface area contributed by atoms with Gasteiger partial charge in [-0.05, 0) is 82.0 Å². The van der Waals surface area contributed by atoms with Crippen LogP contribution in [0.15, 0.2) is 0 Å². The highest BCUT2D eigenvalue weighted by Crippen LogP contribution is 2.43. The molecule has 3 fully saturated rings. The quantitative estimate of drug-likeness (QED) is 0.560. The molecular formula is C17H29IO2. The highest BCUT2D eigenvalue weighted by Gasteiger charge is 2.34. The minimum atomic E-state index is -0.203. The Kier molecular flexibility index (Phi) is 5.65. The molecule has 1 saturated heterocycles. The molecule has 20 heavy (non-hydrogen) atoms. The maximum absolute atomic E-state index is 9.53. The molecule has 0 aromatic rings. The van der Waals surface area contributed by atoms with Gasteiger partial charge in [0.25, 0.3) is 0 Å². The van der Waals surface area contributed by atoms with Crippen LogP contribution in [0.2, 0.25) is 0 Å². The second kappa shape index (κ2) is 7.28. The van der Waals surface area contributed by atoms with E-state index >= 15 is 0 Å². The number of ether oxygens (including phenoxy) is 1. The van der Waals surface area contributed by atoms with Gasteiger partial charge in [-0.1, -0.05) is 22.6 Å². The standard InChI is InChI=1S/C17H29IO2/c18-15-7-5-13(6-8-15)12-1-3-14(4-2-12)17-10-9-16(19)11-20-17/h12-17,19H,1-11H2. The molecule has 3 heteroatoms. The molecule has 1 N–H and O–H groups in total. The van der Waals surface area contributed by atoms with Crippen LogP contribution >= 0.6 is 22.6 Å². The van der Waals surface area contributed by atoms with Crippen LogP contribution in [0.25, 0.3) is 0 Å². The monoisotopic (exact) mass is 392 g/mol. The summed E-state index contributed by atoms with van der Waals surface area (Å²) in [5.41, 5.74) is 0. The number of hydrogen-bond acceptors (Lipinski definition) is 2. The molecule has 2 nitrogen and oxygen atoms in total. The van der Waals surface area contributed by atoms with E-state index in [9.17, 15) is 5.11 Å². The Balaban J connectivity index is 1.42. The van der Waals surface area contributed by atoms with Crippen molar-refractivity contribution in [2.24, 2.45) is 17.8 Å². The summed E-state index contributed by atoms with van der Waals surface area (Å²) >= 11 is 2.63. The van der Waals surface area contributed by atoms with Crippen molar-refractivity contribution in [2.75, 3.05) is 6.61 Å².